The number of halogens is 2. The highest BCUT2D eigenvalue weighted by Crippen LogP contribution is 2.29. The number of sulfonamides is 1. The summed E-state index contributed by atoms with van der Waals surface area (Å²) in [6.07, 6.45) is 2.62. The first kappa shape index (κ1) is 17.0. The maximum absolute atomic E-state index is 12.9. The number of hydrogen-bond acceptors (Lipinski definition) is 3. The molecule has 1 aromatic heterocycles. The second kappa shape index (κ2) is 6.59. The van der Waals surface area contributed by atoms with Crippen LogP contribution in [0.3, 0.4) is 0 Å². The summed E-state index contributed by atoms with van der Waals surface area (Å²) in [6, 6.07) is 5.19. The molecule has 0 amide bonds. The van der Waals surface area contributed by atoms with Gasteiger partial charge in [-0.2, -0.15) is 4.31 Å². The molecule has 0 spiro atoms. The topological polar surface area (TPSA) is 55.2 Å². The normalized spacial score (nSPS) is 18.9. The molecule has 3 rings (SSSR count). The Morgan fingerprint density at radius 3 is 2.83 bits per heavy atom. The second-order valence-corrected chi connectivity index (χ2v) is 8.43. The first-order valence-electron chi connectivity index (χ1n) is 7.68. The highest BCUT2D eigenvalue weighted by atomic mass is 35.5. The standard InChI is InChI=1S/C15H19Cl2N3O2S/c1-11(4-2-3-7-16)20-9-8-19-14-10-12(17)5-6-13(14)18-15(19)23(20,21)22/h5-6,10-11H,2-4,7-9H2,1H3. The van der Waals surface area contributed by atoms with E-state index in [2.05, 4.69) is 4.98 Å². The Morgan fingerprint density at radius 1 is 1.30 bits per heavy atom. The van der Waals surface area contributed by atoms with E-state index in [0.717, 1.165) is 24.8 Å². The van der Waals surface area contributed by atoms with E-state index < -0.39 is 10.0 Å². The van der Waals surface area contributed by atoms with Crippen molar-refractivity contribution in [1.29, 1.82) is 0 Å². The van der Waals surface area contributed by atoms with Gasteiger partial charge in [0.2, 0.25) is 5.16 Å². The number of alkyl halides is 1. The van der Waals surface area contributed by atoms with Crippen molar-refractivity contribution in [3.63, 3.8) is 0 Å². The molecule has 0 aliphatic carbocycles. The number of benzene rings is 1. The molecule has 1 aromatic carbocycles. The van der Waals surface area contributed by atoms with Gasteiger partial charge in [-0.15, -0.1) is 11.6 Å². The number of fused-ring (bicyclic) bond motifs is 3. The number of unbranched alkanes of at least 4 members (excludes halogenated alkanes) is 1. The summed E-state index contributed by atoms with van der Waals surface area (Å²) in [7, 11) is -3.58. The van der Waals surface area contributed by atoms with Crippen LogP contribution >= 0.6 is 23.2 Å². The fourth-order valence-electron chi connectivity index (χ4n) is 3.05. The number of aromatic nitrogens is 2. The lowest BCUT2D eigenvalue weighted by Crippen LogP contribution is -2.45. The molecule has 0 radical (unpaired) electrons. The van der Waals surface area contributed by atoms with Crippen molar-refractivity contribution < 1.29 is 8.42 Å². The minimum atomic E-state index is -3.58. The van der Waals surface area contributed by atoms with Crippen LogP contribution in [0.15, 0.2) is 23.4 Å². The Morgan fingerprint density at radius 2 is 2.09 bits per heavy atom. The summed E-state index contributed by atoms with van der Waals surface area (Å²) in [6.45, 7) is 2.99. The molecule has 0 fully saturated rings. The van der Waals surface area contributed by atoms with Crippen LogP contribution in [0.25, 0.3) is 11.0 Å². The van der Waals surface area contributed by atoms with E-state index in [1.54, 1.807) is 27.1 Å². The summed E-state index contributed by atoms with van der Waals surface area (Å²) < 4.78 is 29.1. The van der Waals surface area contributed by atoms with Crippen molar-refractivity contribution in [1.82, 2.24) is 13.9 Å². The molecule has 0 bridgehead atoms. The van der Waals surface area contributed by atoms with Gasteiger partial charge in [-0.1, -0.05) is 18.0 Å². The average molecular weight is 376 g/mol. The molecule has 1 unspecified atom stereocenters. The van der Waals surface area contributed by atoms with E-state index in [1.165, 1.54) is 0 Å². The zero-order valence-corrected chi connectivity index (χ0v) is 15.2. The van der Waals surface area contributed by atoms with E-state index in [-0.39, 0.29) is 11.2 Å². The average Bonchev–Trinajstić information content (AvgIpc) is 2.87. The van der Waals surface area contributed by atoms with Crippen LogP contribution in [0.5, 0.6) is 0 Å². The monoisotopic (exact) mass is 375 g/mol. The van der Waals surface area contributed by atoms with Crippen LogP contribution in [0.4, 0.5) is 0 Å². The van der Waals surface area contributed by atoms with Gasteiger partial charge in [0, 0.05) is 30.0 Å². The van der Waals surface area contributed by atoms with Gasteiger partial charge in [-0.25, -0.2) is 13.4 Å². The van der Waals surface area contributed by atoms with Crippen molar-refractivity contribution in [3.8, 4) is 0 Å². The molecule has 1 aliphatic heterocycles. The van der Waals surface area contributed by atoms with Gasteiger partial charge in [0.05, 0.1) is 11.0 Å². The van der Waals surface area contributed by atoms with E-state index in [4.69, 9.17) is 23.2 Å². The van der Waals surface area contributed by atoms with Crippen LogP contribution in [0, 0.1) is 0 Å². The molecular weight excluding hydrogens is 357 g/mol. The van der Waals surface area contributed by atoms with Gasteiger partial charge < -0.3 is 4.57 Å². The molecule has 23 heavy (non-hydrogen) atoms. The first-order chi connectivity index (χ1) is 10.9. The molecule has 8 heteroatoms. The molecule has 5 nitrogen and oxygen atoms in total. The number of imidazole rings is 1. The van der Waals surface area contributed by atoms with Crippen molar-refractivity contribution in [2.75, 3.05) is 12.4 Å². The van der Waals surface area contributed by atoms with Crippen molar-refractivity contribution in [2.45, 2.75) is 43.9 Å². The smallest absolute Gasteiger partial charge is 0.277 e. The highest BCUT2D eigenvalue weighted by Gasteiger charge is 2.37. The number of nitrogens with zero attached hydrogens (tertiary/aromatic N) is 3. The van der Waals surface area contributed by atoms with Gasteiger partial charge >= 0.3 is 0 Å². The fourth-order valence-corrected chi connectivity index (χ4v) is 5.19. The molecule has 0 saturated heterocycles. The number of hydrogen-bond donors (Lipinski definition) is 0. The summed E-state index contributed by atoms with van der Waals surface area (Å²) in [4.78, 5) is 4.33. The Labute approximate surface area is 146 Å². The van der Waals surface area contributed by atoms with Crippen LogP contribution in [0.2, 0.25) is 5.02 Å². The lowest BCUT2D eigenvalue weighted by Gasteiger charge is -2.32. The SMILES string of the molecule is CC(CCCCCl)N1CCn2c(nc3ccc(Cl)cc32)S1(=O)=O. The maximum Gasteiger partial charge on any atom is 0.277 e. The molecule has 0 N–H and O–H groups in total. The zero-order valence-electron chi connectivity index (χ0n) is 12.9. The summed E-state index contributed by atoms with van der Waals surface area (Å²) in [5, 5.41) is 0.694. The van der Waals surface area contributed by atoms with Gasteiger partial charge in [-0.05, 0) is 38.0 Å². The third kappa shape index (κ3) is 3.09. The van der Waals surface area contributed by atoms with E-state index in [0.29, 0.717) is 29.5 Å². The Hall–Kier alpha value is -0.820. The van der Waals surface area contributed by atoms with Gasteiger partial charge in [0.25, 0.3) is 10.0 Å². The van der Waals surface area contributed by atoms with Crippen molar-refractivity contribution in [2.24, 2.45) is 0 Å². The molecule has 2 aromatic rings. The minimum Gasteiger partial charge on any atom is -0.312 e. The summed E-state index contributed by atoms with van der Waals surface area (Å²) in [5.74, 6) is 0.607. The van der Waals surface area contributed by atoms with Crippen LogP contribution in [-0.2, 0) is 16.6 Å². The fraction of sp³-hybridized carbons (Fsp3) is 0.533. The second-order valence-electron chi connectivity index (χ2n) is 5.83. The Balaban J connectivity index is 1.95. The Bertz CT molecular complexity index is 819. The molecule has 126 valence electrons. The van der Waals surface area contributed by atoms with Crippen molar-refractivity contribution in [3.05, 3.63) is 23.2 Å². The van der Waals surface area contributed by atoms with Crippen LogP contribution < -0.4 is 0 Å². The van der Waals surface area contributed by atoms with E-state index in [9.17, 15) is 8.42 Å². The molecular formula is C15H19Cl2N3O2S. The zero-order chi connectivity index (χ0) is 16.6. The van der Waals surface area contributed by atoms with E-state index in [1.807, 2.05) is 6.92 Å². The summed E-state index contributed by atoms with van der Waals surface area (Å²) in [5.41, 5.74) is 1.43. The van der Waals surface area contributed by atoms with Crippen LogP contribution in [-0.4, -0.2) is 40.7 Å². The molecule has 1 aliphatic rings. The van der Waals surface area contributed by atoms with E-state index >= 15 is 0 Å². The third-order valence-corrected chi connectivity index (χ3v) is 6.69. The highest BCUT2D eigenvalue weighted by molar-refractivity contribution is 7.89. The Kier molecular flexibility index (Phi) is 4.88. The molecule has 2 heterocycles. The third-order valence-electron chi connectivity index (χ3n) is 4.26. The largest absolute Gasteiger partial charge is 0.312 e. The minimum absolute atomic E-state index is 0.0552. The quantitative estimate of drug-likeness (QED) is 0.593. The maximum atomic E-state index is 12.9. The number of rotatable bonds is 5. The lowest BCUT2D eigenvalue weighted by atomic mass is 10.1. The molecule has 1 atom stereocenters. The predicted molar refractivity (Wildman–Crippen MR) is 92.7 cm³/mol. The summed E-state index contributed by atoms with van der Waals surface area (Å²) >= 11 is 11.7. The van der Waals surface area contributed by atoms with Crippen molar-refractivity contribution >= 4 is 44.3 Å². The molecule has 0 saturated carbocycles. The van der Waals surface area contributed by atoms with Gasteiger partial charge in [-0.3, -0.25) is 0 Å². The first-order valence-corrected chi connectivity index (χ1v) is 10.0. The lowest BCUT2D eigenvalue weighted by molar-refractivity contribution is 0.284. The van der Waals surface area contributed by atoms with Gasteiger partial charge in [0.15, 0.2) is 0 Å². The van der Waals surface area contributed by atoms with Crippen LogP contribution in [0.1, 0.15) is 26.2 Å². The van der Waals surface area contributed by atoms with Gasteiger partial charge in [0.1, 0.15) is 0 Å². The predicted octanol–water partition coefficient (Wildman–Crippen LogP) is 3.49.